The summed E-state index contributed by atoms with van der Waals surface area (Å²) in [7, 11) is 0. The van der Waals surface area contributed by atoms with Gasteiger partial charge in [-0.15, -0.1) is 11.8 Å². The summed E-state index contributed by atoms with van der Waals surface area (Å²) in [5.41, 5.74) is 0. The van der Waals surface area contributed by atoms with E-state index in [0.717, 1.165) is 6.42 Å². The second kappa shape index (κ2) is 6.15. The minimum atomic E-state index is -0.235. The lowest BCUT2D eigenvalue weighted by Crippen LogP contribution is -2.33. The van der Waals surface area contributed by atoms with E-state index in [2.05, 4.69) is 48.5 Å². The molecule has 0 saturated heterocycles. The fourth-order valence-electron chi connectivity index (χ4n) is 1.61. The zero-order chi connectivity index (χ0) is 12.2. The van der Waals surface area contributed by atoms with Gasteiger partial charge in [-0.2, -0.15) is 0 Å². The summed E-state index contributed by atoms with van der Waals surface area (Å²) in [4.78, 5) is 0. The number of aliphatic hydroxyl groups excluding tert-OH is 1. The fourth-order valence-corrected chi connectivity index (χ4v) is 2.97. The third-order valence-electron chi connectivity index (χ3n) is 2.17. The van der Waals surface area contributed by atoms with Gasteiger partial charge in [-0.1, -0.05) is 48.5 Å². The standard InChI is InChI=1S/C13H27OS/c1-9(2)8-11(14)12(10(3)4)15-13(5,6)7/h9-12,14H,1,8H2,2-7H3/t9-,11?,12?/m1/s1. The second-order valence-corrected chi connectivity index (χ2v) is 7.85. The van der Waals surface area contributed by atoms with Gasteiger partial charge in [0.2, 0.25) is 0 Å². The van der Waals surface area contributed by atoms with Gasteiger partial charge in [0.15, 0.2) is 0 Å². The summed E-state index contributed by atoms with van der Waals surface area (Å²) in [6.45, 7) is 17.0. The second-order valence-electron chi connectivity index (χ2n) is 5.85. The van der Waals surface area contributed by atoms with Gasteiger partial charge in [-0.05, 0) is 18.3 Å². The molecule has 1 radical (unpaired) electrons. The van der Waals surface area contributed by atoms with Gasteiger partial charge in [-0.3, -0.25) is 0 Å². The Bertz CT molecular complexity index is 170. The summed E-state index contributed by atoms with van der Waals surface area (Å²) >= 11 is 1.88. The predicted molar refractivity (Wildman–Crippen MR) is 71.1 cm³/mol. The monoisotopic (exact) mass is 231 g/mol. The van der Waals surface area contributed by atoms with Crippen molar-refractivity contribution in [1.29, 1.82) is 0 Å². The highest BCUT2D eigenvalue weighted by Crippen LogP contribution is 2.35. The molecule has 0 bridgehead atoms. The normalized spacial score (nSPS) is 17.2. The van der Waals surface area contributed by atoms with Crippen LogP contribution in [0.25, 0.3) is 0 Å². The lowest BCUT2D eigenvalue weighted by molar-refractivity contribution is 0.135. The SMILES string of the molecule is [CH2][C@H](C)CC(O)C(SC(C)(C)C)C(C)C. The highest BCUT2D eigenvalue weighted by molar-refractivity contribution is 8.01. The smallest absolute Gasteiger partial charge is 0.0664 e. The highest BCUT2D eigenvalue weighted by atomic mass is 32.2. The van der Waals surface area contributed by atoms with Crippen molar-refractivity contribution in [3.8, 4) is 0 Å². The maximum atomic E-state index is 10.2. The first-order valence-corrected chi connectivity index (χ1v) is 6.70. The molecule has 1 N–H and O–H groups in total. The minimum absolute atomic E-state index is 0.209. The summed E-state index contributed by atoms with van der Waals surface area (Å²) in [6.07, 6.45) is 0.563. The Labute approximate surface area is 100 Å². The van der Waals surface area contributed by atoms with Gasteiger partial charge in [0.1, 0.15) is 0 Å². The number of thioether (sulfide) groups is 1. The summed E-state index contributed by atoms with van der Waals surface area (Å²) in [6, 6.07) is 0. The third kappa shape index (κ3) is 7.24. The Morgan fingerprint density at radius 1 is 1.20 bits per heavy atom. The van der Waals surface area contributed by atoms with Crippen LogP contribution in [0.5, 0.6) is 0 Å². The molecule has 0 aromatic carbocycles. The molecule has 0 aromatic heterocycles. The third-order valence-corrected chi connectivity index (χ3v) is 4.01. The van der Waals surface area contributed by atoms with Crippen LogP contribution < -0.4 is 0 Å². The Hall–Kier alpha value is 0.310. The first-order chi connectivity index (χ1) is 6.63. The first kappa shape index (κ1) is 15.3. The van der Waals surface area contributed by atoms with Crippen molar-refractivity contribution in [2.24, 2.45) is 11.8 Å². The maximum Gasteiger partial charge on any atom is 0.0664 e. The molecule has 3 atom stereocenters. The quantitative estimate of drug-likeness (QED) is 0.777. The van der Waals surface area contributed by atoms with Crippen LogP contribution in [-0.2, 0) is 0 Å². The lowest BCUT2D eigenvalue weighted by atomic mass is 9.97. The topological polar surface area (TPSA) is 20.2 Å². The molecule has 2 unspecified atom stereocenters. The average Bonchev–Trinajstić information content (AvgIpc) is 1.96. The van der Waals surface area contributed by atoms with Crippen molar-refractivity contribution in [1.82, 2.24) is 0 Å². The molecule has 0 fully saturated rings. The maximum absolute atomic E-state index is 10.2. The van der Waals surface area contributed by atoms with E-state index in [0.29, 0.717) is 17.1 Å². The number of hydrogen-bond donors (Lipinski definition) is 1. The molecule has 0 saturated carbocycles. The minimum Gasteiger partial charge on any atom is -0.392 e. The van der Waals surface area contributed by atoms with E-state index in [1.54, 1.807) is 0 Å². The van der Waals surface area contributed by atoms with Crippen LogP contribution in [0.2, 0.25) is 0 Å². The molecule has 0 aliphatic carbocycles. The first-order valence-electron chi connectivity index (χ1n) is 5.82. The van der Waals surface area contributed by atoms with Gasteiger partial charge in [0.25, 0.3) is 0 Å². The van der Waals surface area contributed by atoms with E-state index in [9.17, 15) is 5.11 Å². The van der Waals surface area contributed by atoms with Gasteiger partial charge in [-0.25, -0.2) is 0 Å². The average molecular weight is 231 g/mol. The van der Waals surface area contributed by atoms with Crippen LogP contribution in [-0.4, -0.2) is 21.2 Å². The molecule has 0 aliphatic rings. The van der Waals surface area contributed by atoms with Crippen LogP contribution in [0.4, 0.5) is 0 Å². The largest absolute Gasteiger partial charge is 0.392 e. The number of rotatable bonds is 5. The van der Waals surface area contributed by atoms with Gasteiger partial charge in [0.05, 0.1) is 6.10 Å². The molecule has 91 valence electrons. The molecular formula is C13H27OS. The van der Waals surface area contributed by atoms with Crippen LogP contribution in [0.15, 0.2) is 0 Å². The Morgan fingerprint density at radius 2 is 1.67 bits per heavy atom. The molecular weight excluding hydrogens is 204 g/mol. The molecule has 0 heterocycles. The van der Waals surface area contributed by atoms with Crippen LogP contribution >= 0.6 is 11.8 Å². The molecule has 0 rings (SSSR count). The molecule has 0 spiro atoms. The number of aliphatic hydroxyl groups is 1. The molecule has 1 nitrogen and oxygen atoms in total. The van der Waals surface area contributed by atoms with E-state index in [-0.39, 0.29) is 10.9 Å². The number of hydrogen-bond acceptors (Lipinski definition) is 2. The Balaban J connectivity index is 4.39. The fraction of sp³-hybridized carbons (Fsp3) is 0.923. The molecule has 0 aromatic rings. The predicted octanol–water partition coefficient (Wildman–Crippen LogP) is 3.76. The molecule has 0 aliphatic heterocycles. The van der Waals surface area contributed by atoms with E-state index >= 15 is 0 Å². The van der Waals surface area contributed by atoms with Crippen LogP contribution in [0.3, 0.4) is 0 Å². The van der Waals surface area contributed by atoms with Crippen molar-refractivity contribution in [2.45, 2.75) is 64.1 Å². The van der Waals surface area contributed by atoms with Crippen LogP contribution in [0.1, 0.15) is 48.0 Å². The van der Waals surface area contributed by atoms with E-state index in [4.69, 9.17) is 0 Å². The van der Waals surface area contributed by atoms with E-state index in [1.807, 2.05) is 11.8 Å². The van der Waals surface area contributed by atoms with E-state index in [1.165, 1.54) is 0 Å². The highest BCUT2D eigenvalue weighted by Gasteiger charge is 2.28. The van der Waals surface area contributed by atoms with Crippen LogP contribution in [0, 0.1) is 18.8 Å². The van der Waals surface area contributed by atoms with E-state index < -0.39 is 0 Å². The molecule has 15 heavy (non-hydrogen) atoms. The zero-order valence-electron chi connectivity index (χ0n) is 11.1. The summed E-state index contributed by atoms with van der Waals surface area (Å²) in [5, 5.41) is 10.5. The Kier molecular flexibility index (Phi) is 6.27. The van der Waals surface area contributed by atoms with Gasteiger partial charge >= 0.3 is 0 Å². The molecule has 2 heteroatoms. The van der Waals surface area contributed by atoms with Crippen molar-refractivity contribution in [3.63, 3.8) is 0 Å². The summed E-state index contributed by atoms with van der Waals surface area (Å²) < 4.78 is 0.209. The van der Waals surface area contributed by atoms with Crippen molar-refractivity contribution in [3.05, 3.63) is 6.92 Å². The van der Waals surface area contributed by atoms with Crippen molar-refractivity contribution in [2.75, 3.05) is 0 Å². The Morgan fingerprint density at radius 3 is 1.93 bits per heavy atom. The van der Waals surface area contributed by atoms with Gasteiger partial charge < -0.3 is 5.11 Å². The van der Waals surface area contributed by atoms with Crippen molar-refractivity contribution < 1.29 is 5.11 Å². The zero-order valence-corrected chi connectivity index (χ0v) is 11.9. The van der Waals surface area contributed by atoms with Gasteiger partial charge in [0, 0.05) is 10.00 Å². The summed E-state index contributed by atoms with van der Waals surface area (Å²) in [5.74, 6) is 0.824. The molecule has 0 amide bonds. The van der Waals surface area contributed by atoms with Crippen molar-refractivity contribution >= 4 is 11.8 Å². The lowest BCUT2D eigenvalue weighted by Gasteiger charge is -2.32.